The van der Waals surface area contributed by atoms with Crippen molar-refractivity contribution >= 4 is 21.3 Å². The van der Waals surface area contributed by atoms with Crippen molar-refractivity contribution in [2.75, 3.05) is 18.1 Å². The van der Waals surface area contributed by atoms with Crippen LogP contribution in [0.5, 0.6) is 0 Å². The standard InChI is InChI=1S/C15H14F3N5O2S/c1-3-26(24,25)10-4-5-12(19-2)21-14(10)9-6-7-23-13(20-9)8-11(22-23)15(16,17)18/h4-8H,3H2,1-2H3,(H,19,21). The van der Waals surface area contributed by atoms with Gasteiger partial charge in [-0.1, -0.05) is 6.92 Å². The molecule has 0 amide bonds. The molecule has 3 heterocycles. The van der Waals surface area contributed by atoms with Crippen LogP contribution in [0.25, 0.3) is 17.0 Å². The SMILES string of the molecule is CCS(=O)(=O)c1ccc(NC)nc1-c1ccn2nc(C(F)(F)F)cc2n1. The first-order valence-corrected chi connectivity index (χ1v) is 9.16. The molecule has 7 nitrogen and oxygen atoms in total. The second-order valence-corrected chi connectivity index (χ2v) is 7.59. The second kappa shape index (κ2) is 6.24. The van der Waals surface area contributed by atoms with E-state index in [0.29, 0.717) is 5.82 Å². The van der Waals surface area contributed by atoms with Crippen LogP contribution >= 0.6 is 0 Å². The van der Waals surface area contributed by atoms with E-state index in [4.69, 9.17) is 0 Å². The van der Waals surface area contributed by atoms with Crippen LogP contribution < -0.4 is 5.32 Å². The fourth-order valence-corrected chi connectivity index (χ4v) is 3.36. The average molecular weight is 385 g/mol. The van der Waals surface area contributed by atoms with Crippen LogP contribution in [0.2, 0.25) is 0 Å². The Morgan fingerprint density at radius 3 is 2.54 bits per heavy atom. The number of sulfone groups is 1. The zero-order chi connectivity index (χ0) is 19.1. The molecule has 0 aliphatic rings. The molecule has 3 aromatic rings. The molecule has 0 unspecified atom stereocenters. The van der Waals surface area contributed by atoms with Gasteiger partial charge in [0.15, 0.2) is 21.2 Å². The number of halogens is 3. The fraction of sp³-hybridized carbons (Fsp3) is 0.267. The largest absolute Gasteiger partial charge is 0.435 e. The van der Waals surface area contributed by atoms with Crippen LogP contribution in [0.1, 0.15) is 12.6 Å². The lowest BCUT2D eigenvalue weighted by molar-refractivity contribution is -0.141. The summed E-state index contributed by atoms with van der Waals surface area (Å²) in [7, 11) is -1.99. The monoisotopic (exact) mass is 385 g/mol. The van der Waals surface area contributed by atoms with Crippen molar-refractivity contribution in [1.29, 1.82) is 0 Å². The minimum Gasteiger partial charge on any atom is -0.373 e. The first kappa shape index (κ1) is 18.1. The van der Waals surface area contributed by atoms with E-state index >= 15 is 0 Å². The van der Waals surface area contributed by atoms with Gasteiger partial charge < -0.3 is 5.32 Å². The first-order valence-electron chi connectivity index (χ1n) is 7.51. The number of rotatable bonds is 4. The molecule has 0 saturated heterocycles. The summed E-state index contributed by atoms with van der Waals surface area (Å²) in [6, 6.07) is 5.07. The number of fused-ring (bicyclic) bond motifs is 1. The maximum Gasteiger partial charge on any atom is 0.435 e. The fourth-order valence-electron chi connectivity index (χ4n) is 2.33. The number of aromatic nitrogens is 4. The third kappa shape index (κ3) is 3.21. The van der Waals surface area contributed by atoms with Crippen LogP contribution in [0.4, 0.5) is 19.0 Å². The Balaban J connectivity index is 2.22. The normalized spacial score (nSPS) is 12.5. The maximum atomic E-state index is 12.8. The van der Waals surface area contributed by atoms with Gasteiger partial charge in [-0.3, -0.25) is 0 Å². The Kier molecular flexibility index (Phi) is 4.34. The highest BCUT2D eigenvalue weighted by molar-refractivity contribution is 7.91. The molecule has 0 radical (unpaired) electrons. The van der Waals surface area contributed by atoms with Crippen molar-refractivity contribution in [2.24, 2.45) is 0 Å². The first-order chi connectivity index (χ1) is 12.2. The Morgan fingerprint density at radius 1 is 1.19 bits per heavy atom. The summed E-state index contributed by atoms with van der Waals surface area (Å²) in [4.78, 5) is 8.31. The Morgan fingerprint density at radius 2 is 1.92 bits per heavy atom. The molecule has 3 rings (SSSR count). The van der Waals surface area contributed by atoms with Gasteiger partial charge in [0.2, 0.25) is 0 Å². The summed E-state index contributed by atoms with van der Waals surface area (Å²) < 4.78 is 64.1. The molecule has 26 heavy (non-hydrogen) atoms. The van der Waals surface area contributed by atoms with Crippen LogP contribution in [-0.2, 0) is 16.0 Å². The summed E-state index contributed by atoms with van der Waals surface area (Å²) in [6.45, 7) is 1.49. The number of anilines is 1. The van der Waals surface area contributed by atoms with Gasteiger partial charge in [-0.25, -0.2) is 22.9 Å². The van der Waals surface area contributed by atoms with Crippen molar-refractivity contribution in [3.05, 3.63) is 36.2 Å². The van der Waals surface area contributed by atoms with Crippen LogP contribution in [0.3, 0.4) is 0 Å². The zero-order valence-corrected chi connectivity index (χ0v) is 14.6. The van der Waals surface area contributed by atoms with Gasteiger partial charge in [0.05, 0.1) is 16.3 Å². The van der Waals surface area contributed by atoms with E-state index in [-0.39, 0.29) is 27.7 Å². The van der Waals surface area contributed by atoms with E-state index < -0.39 is 21.7 Å². The van der Waals surface area contributed by atoms with Gasteiger partial charge in [0.1, 0.15) is 11.5 Å². The molecule has 0 aliphatic carbocycles. The quantitative estimate of drug-likeness (QED) is 0.743. The molecule has 11 heteroatoms. The second-order valence-electron chi connectivity index (χ2n) is 5.34. The van der Waals surface area contributed by atoms with E-state index in [1.807, 2.05) is 0 Å². The highest BCUT2D eigenvalue weighted by atomic mass is 32.2. The Labute approximate surface area is 146 Å². The van der Waals surface area contributed by atoms with Gasteiger partial charge in [0.25, 0.3) is 0 Å². The number of hydrogen-bond donors (Lipinski definition) is 1. The molecule has 0 fully saturated rings. The molecule has 138 valence electrons. The number of hydrogen-bond acceptors (Lipinski definition) is 6. The lowest BCUT2D eigenvalue weighted by atomic mass is 10.2. The van der Waals surface area contributed by atoms with E-state index in [2.05, 4.69) is 20.4 Å². The van der Waals surface area contributed by atoms with Crippen LogP contribution in [0.15, 0.2) is 35.4 Å². The van der Waals surface area contributed by atoms with Crippen molar-refractivity contribution < 1.29 is 21.6 Å². The van der Waals surface area contributed by atoms with Crippen LogP contribution in [-0.4, -0.2) is 40.8 Å². The van der Waals surface area contributed by atoms with Gasteiger partial charge in [0, 0.05) is 19.3 Å². The topological polar surface area (TPSA) is 89.2 Å². The average Bonchev–Trinajstić information content (AvgIpc) is 3.04. The van der Waals surface area contributed by atoms with Crippen molar-refractivity contribution in [1.82, 2.24) is 19.6 Å². The molecular weight excluding hydrogens is 371 g/mol. The molecule has 0 aliphatic heterocycles. The smallest absolute Gasteiger partial charge is 0.373 e. The van der Waals surface area contributed by atoms with Gasteiger partial charge >= 0.3 is 6.18 Å². The van der Waals surface area contributed by atoms with E-state index in [0.717, 1.165) is 10.6 Å². The third-order valence-corrected chi connectivity index (χ3v) is 5.45. The number of alkyl halides is 3. The number of nitrogens with zero attached hydrogens (tertiary/aromatic N) is 4. The molecule has 3 aromatic heterocycles. The minimum absolute atomic E-state index is 0.0357. The Hall–Kier alpha value is -2.69. The summed E-state index contributed by atoms with van der Waals surface area (Å²) >= 11 is 0. The van der Waals surface area contributed by atoms with Gasteiger partial charge in [-0.15, -0.1) is 0 Å². The lowest BCUT2D eigenvalue weighted by Gasteiger charge is -2.10. The maximum absolute atomic E-state index is 12.8. The van der Waals surface area contributed by atoms with Gasteiger partial charge in [-0.2, -0.15) is 18.3 Å². The number of nitrogens with one attached hydrogen (secondary N) is 1. The molecule has 0 bridgehead atoms. The van der Waals surface area contributed by atoms with E-state index in [1.165, 1.54) is 31.3 Å². The molecule has 0 spiro atoms. The molecule has 0 atom stereocenters. The van der Waals surface area contributed by atoms with Crippen molar-refractivity contribution in [3.8, 4) is 11.4 Å². The minimum atomic E-state index is -4.60. The highest BCUT2D eigenvalue weighted by Gasteiger charge is 2.34. The summed E-state index contributed by atoms with van der Waals surface area (Å²) in [5, 5.41) is 6.21. The zero-order valence-electron chi connectivity index (χ0n) is 13.7. The predicted octanol–water partition coefficient (Wildman–Crippen LogP) is 2.65. The van der Waals surface area contributed by atoms with Crippen molar-refractivity contribution in [3.63, 3.8) is 0 Å². The van der Waals surface area contributed by atoms with Gasteiger partial charge in [-0.05, 0) is 18.2 Å². The Bertz CT molecular complexity index is 1080. The summed E-state index contributed by atoms with van der Waals surface area (Å²) in [6.07, 6.45) is -3.32. The highest BCUT2D eigenvalue weighted by Crippen LogP contribution is 2.30. The molecular formula is C15H14F3N5O2S. The van der Waals surface area contributed by atoms with Crippen molar-refractivity contribution in [2.45, 2.75) is 18.0 Å². The lowest BCUT2D eigenvalue weighted by Crippen LogP contribution is -2.09. The van der Waals surface area contributed by atoms with Crippen LogP contribution in [0, 0.1) is 0 Å². The summed E-state index contributed by atoms with van der Waals surface area (Å²) in [5.41, 5.74) is -0.946. The molecule has 1 N–H and O–H groups in total. The molecule has 0 saturated carbocycles. The number of pyridine rings is 1. The third-order valence-electron chi connectivity index (χ3n) is 3.69. The van der Waals surface area contributed by atoms with E-state index in [1.54, 1.807) is 7.05 Å². The predicted molar refractivity (Wildman–Crippen MR) is 88.5 cm³/mol. The molecule has 0 aromatic carbocycles. The van der Waals surface area contributed by atoms with E-state index in [9.17, 15) is 21.6 Å². The summed E-state index contributed by atoms with van der Waals surface area (Å²) in [5.74, 6) is 0.259.